The molecule has 8 rings (SSSR count). The first-order valence-corrected chi connectivity index (χ1v) is 15.9. The second-order valence-corrected chi connectivity index (χ2v) is 11.4. The first-order chi connectivity index (χ1) is 26.7. The van der Waals surface area contributed by atoms with Crippen molar-refractivity contribution in [3.05, 3.63) is 144 Å². The van der Waals surface area contributed by atoms with Crippen molar-refractivity contribution in [3.63, 3.8) is 0 Å². The molecule has 8 aromatic rings. The summed E-state index contributed by atoms with van der Waals surface area (Å²) in [5, 5.41) is 81.2. The fourth-order valence-electron chi connectivity index (χ4n) is 4.89. The SMILES string of the molecule is O=C(O)c1ccc2cc([O-])ccc2n1.O=C(O)c1ccc2cc([O-])ccc2n1.O=C(O)c1ccc2cc([O-])ccc2n1.O=C(O)c1ccc2cc([O-])ccc2n1.[Hf+4]. The van der Waals surface area contributed by atoms with Crippen LogP contribution in [0.25, 0.3) is 43.6 Å². The molecule has 4 aromatic heterocycles. The molecular formula is C40H24HfN4O12. The summed E-state index contributed by atoms with van der Waals surface area (Å²) in [5.74, 6) is -4.72. The minimum absolute atomic E-state index is 0. The largest absolute Gasteiger partial charge is 4.00 e. The zero-order valence-electron chi connectivity index (χ0n) is 28.9. The van der Waals surface area contributed by atoms with Crippen LogP contribution < -0.4 is 20.4 Å². The monoisotopic (exact) mass is 932 g/mol. The Labute approximate surface area is 339 Å². The summed E-state index contributed by atoms with van der Waals surface area (Å²) in [6.45, 7) is 0. The molecule has 0 spiro atoms. The van der Waals surface area contributed by atoms with Crippen LogP contribution in [-0.4, -0.2) is 64.2 Å². The quantitative estimate of drug-likeness (QED) is 0.181. The van der Waals surface area contributed by atoms with Gasteiger partial charge in [-0.05, 0) is 70.1 Å². The molecule has 0 aliphatic heterocycles. The summed E-state index contributed by atoms with van der Waals surface area (Å²) in [6.07, 6.45) is 0. The van der Waals surface area contributed by atoms with E-state index in [1.54, 1.807) is 24.3 Å². The normalized spacial score (nSPS) is 10.1. The summed E-state index contributed by atoms with van der Waals surface area (Å²) >= 11 is 0. The first kappa shape index (κ1) is 42.2. The Morgan fingerprint density at radius 1 is 0.333 bits per heavy atom. The minimum atomic E-state index is -1.07. The Balaban J connectivity index is 0.000000167. The number of aromatic nitrogens is 4. The number of carbonyl (C=O) groups is 4. The molecule has 0 bridgehead atoms. The number of aromatic carboxylic acids is 4. The number of fused-ring (bicyclic) bond motifs is 4. The van der Waals surface area contributed by atoms with Gasteiger partial charge >= 0.3 is 49.7 Å². The molecule has 0 fully saturated rings. The van der Waals surface area contributed by atoms with E-state index in [2.05, 4.69) is 19.9 Å². The fourth-order valence-corrected chi connectivity index (χ4v) is 4.89. The molecule has 0 saturated heterocycles. The van der Waals surface area contributed by atoms with Gasteiger partial charge in [-0.15, -0.1) is 23.0 Å². The van der Waals surface area contributed by atoms with Crippen molar-refractivity contribution >= 4 is 67.5 Å². The van der Waals surface area contributed by atoms with E-state index in [-0.39, 0.29) is 71.6 Å². The molecule has 0 atom stereocenters. The van der Waals surface area contributed by atoms with Crippen molar-refractivity contribution in [2.24, 2.45) is 0 Å². The predicted molar refractivity (Wildman–Crippen MR) is 193 cm³/mol. The summed E-state index contributed by atoms with van der Waals surface area (Å²) < 4.78 is 0. The Morgan fingerprint density at radius 2 is 0.526 bits per heavy atom. The molecule has 0 aliphatic carbocycles. The van der Waals surface area contributed by atoms with Gasteiger partial charge in [0.05, 0.1) is 22.1 Å². The standard InChI is InChI=1S/4C10H7NO3.Hf/c4*12-7-2-4-8-6(5-7)1-3-9(11-8)10(13)14;/h4*1-5,12H,(H,13,14);/q;;;;+4/p-4. The van der Waals surface area contributed by atoms with Crippen molar-refractivity contribution in [2.45, 2.75) is 0 Å². The second-order valence-electron chi connectivity index (χ2n) is 11.4. The van der Waals surface area contributed by atoms with E-state index in [0.717, 1.165) is 0 Å². The Hall–Kier alpha value is -7.53. The molecule has 0 saturated carbocycles. The number of carboxylic acids is 4. The average molecular weight is 931 g/mol. The molecular weight excluding hydrogens is 907 g/mol. The number of carboxylic acid groups (broad SMARTS) is 4. The molecule has 4 N–H and O–H groups in total. The van der Waals surface area contributed by atoms with Gasteiger partial charge in [-0.25, -0.2) is 39.1 Å². The van der Waals surface area contributed by atoms with E-state index in [9.17, 15) is 39.6 Å². The van der Waals surface area contributed by atoms with Gasteiger partial charge in [-0.1, -0.05) is 72.8 Å². The number of pyridine rings is 4. The molecule has 16 nitrogen and oxygen atoms in total. The smallest absolute Gasteiger partial charge is 0.872 e. The maximum absolute atomic E-state index is 11.0. The molecule has 4 aromatic carbocycles. The summed E-state index contributed by atoms with van der Waals surface area (Å²) in [5.41, 5.74) is 2.00. The van der Waals surface area contributed by atoms with Gasteiger partial charge in [-0.3, -0.25) is 0 Å². The molecule has 17 heteroatoms. The van der Waals surface area contributed by atoms with E-state index in [1.807, 2.05) is 0 Å². The Bertz CT molecular complexity index is 2420. The summed E-state index contributed by atoms with van der Waals surface area (Å²) in [7, 11) is 0. The van der Waals surface area contributed by atoms with Crippen molar-refractivity contribution in [3.8, 4) is 23.0 Å². The summed E-state index contributed by atoms with van der Waals surface area (Å²) in [4.78, 5) is 57.9. The summed E-state index contributed by atoms with van der Waals surface area (Å²) in [6, 6.07) is 29.0. The minimum Gasteiger partial charge on any atom is -0.872 e. The first-order valence-electron chi connectivity index (χ1n) is 15.9. The van der Waals surface area contributed by atoms with Crippen molar-refractivity contribution < 1.29 is 85.9 Å². The van der Waals surface area contributed by atoms with Crippen LogP contribution >= 0.6 is 0 Å². The van der Waals surface area contributed by atoms with E-state index < -0.39 is 23.9 Å². The molecule has 280 valence electrons. The zero-order valence-corrected chi connectivity index (χ0v) is 32.5. The van der Waals surface area contributed by atoms with Crippen molar-refractivity contribution in [1.29, 1.82) is 0 Å². The van der Waals surface area contributed by atoms with Crippen LogP contribution in [0.1, 0.15) is 42.0 Å². The maximum atomic E-state index is 11.0. The van der Waals surface area contributed by atoms with Gasteiger partial charge in [0.15, 0.2) is 0 Å². The van der Waals surface area contributed by atoms with Gasteiger partial charge in [0.25, 0.3) is 0 Å². The molecule has 0 amide bonds. The van der Waals surface area contributed by atoms with Crippen molar-refractivity contribution in [2.75, 3.05) is 0 Å². The predicted octanol–water partition coefficient (Wildman–Crippen LogP) is 4.02. The van der Waals surface area contributed by atoms with Gasteiger partial charge in [0, 0.05) is 0 Å². The fraction of sp³-hybridized carbons (Fsp3) is 0. The van der Waals surface area contributed by atoms with Crippen LogP contribution in [-0.2, 0) is 25.8 Å². The number of rotatable bonds is 4. The van der Waals surface area contributed by atoms with Crippen LogP contribution in [0.4, 0.5) is 0 Å². The zero-order chi connectivity index (χ0) is 40.5. The van der Waals surface area contributed by atoms with E-state index in [1.165, 1.54) is 97.1 Å². The number of nitrogens with zero attached hydrogens (tertiary/aromatic N) is 4. The maximum Gasteiger partial charge on any atom is 4.00 e. The molecule has 57 heavy (non-hydrogen) atoms. The third-order valence-corrected chi connectivity index (χ3v) is 7.52. The molecule has 0 unspecified atom stereocenters. The van der Waals surface area contributed by atoms with Gasteiger partial charge in [0.1, 0.15) is 22.8 Å². The van der Waals surface area contributed by atoms with E-state index >= 15 is 0 Å². The average Bonchev–Trinajstić information content (AvgIpc) is 3.17. The van der Waals surface area contributed by atoms with Crippen LogP contribution in [0.5, 0.6) is 23.0 Å². The molecule has 0 radical (unpaired) electrons. The third kappa shape index (κ3) is 11.2. The molecule has 0 aliphatic rings. The Kier molecular flexibility index (Phi) is 13.8. The van der Waals surface area contributed by atoms with E-state index in [4.69, 9.17) is 20.4 Å². The number of benzene rings is 4. The van der Waals surface area contributed by atoms with Gasteiger partial charge < -0.3 is 40.9 Å². The van der Waals surface area contributed by atoms with Crippen LogP contribution in [0, 0.1) is 0 Å². The Morgan fingerprint density at radius 3 is 0.702 bits per heavy atom. The van der Waals surface area contributed by atoms with Crippen LogP contribution in [0.15, 0.2) is 121 Å². The second kappa shape index (κ2) is 18.7. The number of hydrogen-bond acceptors (Lipinski definition) is 12. The van der Waals surface area contributed by atoms with Crippen LogP contribution in [0.3, 0.4) is 0 Å². The molecule has 4 heterocycles. The van der Waals surface area contributed by atoms with E-state index in [0.29, 0.717) is 43.6 Å². The van der Waals surface area contributed by atoms with Crippen molar-refractivity contribution in [1.82, 2.24) is 19.9 Å². The third-order valence-electron chi connectivity index (χ3n) is 7.52. The number of hydrogen-bond donors (Lipinski definition) is 4. The van der Waals surface area contributed by atoms with Gasteiger partial charge in [-0.2, -0.15) is 0 Å². The van der Waals surface area contributed by atoms with Gasteiger partial charge in [0.2, 0.25) is 0 Å². The topological polar surface area (TPSA) is 293 Å². The van der Waals surface area contributed by atoms with Crippen LogP contribution in [0.2, 0.25) is 0 Å².